The van der Waals surface area contributed by atoms with Gasteiger partial charge in [-0.15, -0.1) is 0 Å². The second kappa shape index (κ2) is 19.9. The molecule has 13 nitrogen and oxygen atoms in total. The molecule has 0 bridgehead atoms. The number of aromatic nitrogens is 3. The molecular weight excluding hydrogens is 724 g/mol. The Hall–Kier alpha value is -3.56. The molecule has 1 saturated heterocycles. The number of halogens is 1. The van der Waals surface area contributed by atoms with Gasteiger partial charge in [0.1, 0.15) is 23.1 Å². The number of hydrogen-bond acceptors (Lipinski definition) is 9. The molecule has 1 aliphatic carbocycles. The lowest BCUT2D eigenvalue weighted by Crippen LogP contribution is -2.66. The molecule has 3 amide bonds. The molecule has 2 fully saturated rings. The minimum atomic E-state index is -1.67. The number of benzene rings is 1. The molecule has 15 heteroatoms. The summed E-state index contributed by atoms with van der Waals surface area (Å²) in [5.74, 6) is 0.0388. The third kappa shape index (κ3) is 12.2. The summed E-state index contributed by atoms with van der Waals surface area (Å²) in [6.45, 7) is 8.82. The fourth-order valence-electron chi connectivity index (χ4n) is 7.27. The number of ether oxygens (including phenoxy) is 2. The van der Waals surface area contributed by atoms with Crippen molar-refractivity contribution in [3.05, 3.63) is 53.6 Å². The minimum Gasteiger partial charge on any atom is -0.444 e. The van der Waals surface area contributed by atoms with Crippen LogP contribution in [0.1, 0.15) is 90.7 Å². The maximum atomic E-state index is 14.4. The number of amides is 3. The number of carbonyl (C=O) groups is 3. The van der Waals surface area contributed by atoms with E-state index in [0.29, 0.717) is 69.2 Å². The molecule has 1 aliphatic heterocycles. The first kappa shape index (κ1) is 41.6. The van der Waals surface area contributed by atoms with Gasteiger partial charge in [0.15, 0.2) is 0 Å². The zero-order chi connectivity index (χ0) is 38.6. The van der Waals surface area contributed by atoms with Crippen molar-refractivity contribution in [2.24, 2.45) is 11.7 Å². The van der Waals surface area contributed by atoms with Crippen LogP contribution in [0.3, 0.4) is 0 Å². The van der Waals surface area contributed by atoms with Gasteiger partial charge < -0.3 is 35.8 Å². The van der Waals surface area contributed by atoms with E-state index in [-0.39, 0.29) is 11.8 Å². The summed E-state index contributed by atoms with van der Waals surface area (Å²) in [5, 5.41) is 8.59. The van der Waals surface area contributed by atoms with Crippen LogP contribution in [0, 0.1) is 5.92 Å². The van der Waals surface area contributed by atoms with Crippen molar-refractivity contribution in [2.75, 3.05) is 32.8 Å². The molecule has 0 spiro atoms. The molecular formula is C39H58ClN8O5Si. The van der Waals surface area contributed by atoms with E-state index in [4.69, 9.17) is 26.8 Å². The number of rotatable bonds is 17. The van der Waals surface area contributed by atoms with E-state index in [0.717, 1.165) is 66.9 Å². The summed E-state index contributed by atoms with van der Waals surface area (Å²) in [6.07, 6.45) is 11.9. The van der Waals surface area contributed by atoms with E-state index in [2.05, 4.69) is 35.5 Å². The molecule has 1 atom stereocenters. The van der Waals surface area contributed by atoms with Crippen molar-refractivity contribution in [2.45, 2.75) is 115 Å². The highest BCUT2D eigenvalue weighted by Gasteiger charge is 2.44. The second-order valence-electron chi connectivity index (χ2n) is 15.6. The number of aromatic amines is 1. The molecule has 295 valence electrons. The first-order valence-electron chi connectivity index (χ1n) is 19.5. The van der Waals surface area contributed by atoms with Crippen molar-refractivity contribution >= 4 is 54.7 Å². The van der Waals surface area contributed by atoms with Crippen molar-refractivity contribution in [3.63, 3.8) is 0 Å². The lowest BCUT2D eigenvalue weighted by atomic mass is 9.84. The molecule has 6 N–H and O–H groups in total. The van der Waals surface area contributed by atoms with Crippen LogP contribution in [0.2, 0.25) is 11.1 Å². The number of H-pyrrole nitrogens is 1. The molecule has 1 aromatic carbocycles. The van der Waals surface area contributed by atoms with Gasteiger partial charge in [0.2, 0.25) is 20.8 Å². The first-order chi connectivity index (χ1) is 25.9. The molecule has 1 radical (unpaired) electrons. The summed E-state index contributed by atoms with van der Waals surface area (Å²) in [4.78, 5) is 57.6. The Kier molecular flexibility index (Phi) is 15.3. The van der Waals surface area contributed by atoms with E-state index in [1.165, 1.54) is 6.42 Å². The Balaban J connectivity index is 1.14. The molecule has 1 saturated carbocycles. The number of likely N-dealkylation sites (tertiary alicyclic amines) is 1. The Labute approximate surface area is 325 Å². The van der Waals surface area contributed by atoms with Crippen LogP contribution in [0.4, 0.5) is 4.79 Å². The topological polar surface area (TPSA) is 177 Å². The van der Waals surface area contributed by atoms with Crippen LogP contribution in [-0.4, -0.2) is 96.7 Å². The molecule has 54 heavy (non-hydrogen) atoms. The minimum absolute atomic E-state index is 0.0359. The number of nitrogens with two attached hydrogens (primary N) is 1. The molecule has 2 aromatic heterocycles. The van der Waals surface area contributed by atoms with Gasteiger partial charge >= 0.3 is 6.09 Å². The third-order valence-electron chi connectivity index (χ3n) is 10.4. The largest absolute Gasteiger partial charge is 0.444 e. The van der Waals surface area contributed by atoms with Crippen molar-refractivity contribution in [1.29, 1.82) is 0 Å². The maximum absolute atomic E-state index is 14.4. The Morgan fingerprint density at radius 2 is 1.78 bits per heavy atom. The van der Waals surface area contributed by atoms with Gasteiger partial charge in [-0.3, -0.25) is 14.5 Å². The van der Waals surface area contributed by atoms with Crippen molar-refractivity contribution in [1.82, 2.24) is 35.5 Å². The Morgan fingerprint density at radius 1 is 1.04 bits per heavy atom. The van der Waals surface area contributed by atoms with Crippen LogP contribution in [-0.2, 0) is 25.6 Å². The highest BCUT2D eigenvalue weighted by Crippen LogP contribution is 2.27. The number of hydrogen-bond donors (Lipinski definition) is 5. The number of nitrogens with zero attached hydrogens (tertiary/aromatic N) is 3. The molecule has 3 aromatic rings. The fourth-order valence-corrected chi connectivity index (χ4v) is 9.39. The first-order valence-corrected chi connectivity index (χ1v) is 21.6. The highest BCUT2D eigenvalue weighted by atomic mass is 35.5. The predicted molar refractivity (Wildman–Crippen MR) is 213 cm³/mol. The van der Waals surface area contributed by atoms with Gasteiger partial charge in [0.25, 0.3) is 0 Å². The number of carbonyl (C=O) groups excluding carboxylic acids is 3. The maximum Gasteiger partial charge on any atom is 0.408 e. The molecule has 1 unspecified atom stereocenters. The highest BCUT2D eigenvalue weighted by molar-refractivity contribution is 6.73. The normalized spacial score (nSPS) is 17.3. The summed E-state index contributed by atoms with van der Waals surface area (Å²) >= 11 is 6.23. The number of nitrogens with one attached hydrogen (secondary N) is 4. The average molecular weight is 782 g/mol. The van der Waals surface area contributed by atoms with Crippen LogP contribution in [0.15, 0.2) is 42.9 Å². The van der Waals surface area contributed by atoms with E-state index >= 15 is 0 Å². The van der Waals surface area contributed by atoms with E-state index in [1.54, 1.807) is 27.1 Å². The van der Waals surface area contributed by atoms with E-state index in [1.807, 2.05) is 36.5 Å². The van der Waals surface area contributed by atoms with Gasteiger partial charge in [-0.2, -0.15) is 0 Å². The Morgan fingerprint density at radius 3 is 2.50 bits per heavy atom. The van der Waals surface area contributed by atoms with Crippen molar-refractivity contribution < 1.29 is 23.9 Å². The lowest BCUT2D eigenvalue weighted by Gasteiger charge is -2.41. The molecule has 5 rings (SSSR count). The standard InChI is InChI=1S/C39H58ClN8O5Si/c1-38(2,3)53-37(51)46-39(17-21-48(22-18-39)26-32-31-16-20-42-34(31)45-27-44-32)36(50)47-54(30-14-12-29(40)13-15-30)25-24-52-23-9-5-8-19-43-35(49)33(41)28-10-6-4-7-11-28/h12-16,20,27-28,33H,4-11,17-19,21-26,41H2,1-3H3,(H,43,49)(H,46,51)(H,47,50)(H,42,44,45). The smallest absolute Gasteiger partial charge is 0.408 e. The molecule has 3 heterocycles. The van der Waals surface area contributed by atoms with Gasteiger partial charge in [-0.25, -0.2) is 14.8 Å². The zero-order valence-electron chi connectivity index (χ0n) is 32.1. The van der Waals surface area contributed by atoms with Gasteiger partial charge in [0.05, 0.1) is 11.7 Å². The quantitative estimate of drug-likeness (QED) is 0.0961. The number of alkyl carbamates (subject to hydrolysis) is 1. The van der Waals surface area contributed by atoms with Crippen LogP contribution in [0.5, 0.6) is 0 Å². The third-order valence-corrected chi connectivity index (χ3v) is 12.9. The number of piperidine rings is 1. The Bertz CT molecular complexity index is 1650. The van der Waals surface area contributed by atoms with Crippen LogP contribution < -0.4 is 26.5 Å². The fraction of sp³-hybridized carbons (Fsp3) is 0.615. The molecule has 2 aliphatic rings. The van der Waals surface area contributed by atoms with Gasteiger partial charge in [0, 0.05) is 56.0 Å². The van der Waals surface area contributed by atoms with Gasteiger partial charge in [-0.05, 0) is 101 Å². The SMILES string of the molecule is CC(C)(C)OC(=O)NC1(C(=O)N[Si](CCOCCCCCNC(=O)C(N)C2CCCCC2)c2ccc(Cl)cc2)CCN(Cc2ncnc3[nH]ccc23)CC1. The summed E-state index contributed by atoms with van der Waals surface area (Å²) < 4.78 is 11.7. The monoisotopic (exact) mass is 781 g/mol. The summed E-state index contributed by atoms with van der Waals surface area (Å²) in [5.41, 5.74) is 6.05. The summed E-state index contributed by atoms with van der Waals surface area (Å²) in [6, 6.07) is 9.75. The second-order valence-corrected chi connectivity index (χ2v) is 18.3. The zero-order valence-corrected chi connectivity index (χ0v) is 33.8. The van der Waals surface area contributed by atoms with E-state index in [9.17, 15) is 14.4 Å². The van der Waals surface area contributed by atoms with Crippen molar-refractivity contribution in [3.8, 4) is 0 Å². The van der Waals surface area contributed by atoms with E-state index < -0.39 is 32.2 Å². The lowest BCUT2D eigenvalue weighted by molar-refractivity contribution is -0.128. The van der Waals surface area contributed by atoms with Crippen LogP contribution >= 0.6 is 11.6 Å². The number of unbranched alkanes of at least 4 members (excludes halogenated alkanes) is 2. The predicted octanol–water partition coefficient (Wildman–Crippen LogP) is 4.70. The number of fused-ring (bicyclic) bond motifs is 1. The summed E-state index contributed by atoms with van der Waals surface area (Å²) in [7, 11) is -1.67. The van der Waals surface area contributed by atoms with Crippen LogP contribution in [0.25, 0.3) is 11.0 Å². The van der Waals surface area contributed by atoms with Gasteiger partial charge in [-0.1, -0.05) is 43.0 Å². The average Bonchev–Trinajstić information content (AvgIpc) is 3.64.